The van der Waals surface area contributed by atoms with Crippen LogP contribution in [0.5, 0.6) is 0 Å². The number of rotatable bonds is 9. The van der Waals surface area contributed by atoms with Crippen molar-refractivity contribution in [1.29, 1.82) is 0 Å². The summed E-state index contributed by atoms with van der Waals surface area (Å²) in [6, 6.07) is -4.47. The summed E-state index contributed by atoms with van der Waals surface area (Å²) >= 11 is 6.26. The average molecular weight is 604 g/mol. The van der Waals surface area contributed by atoms with E-state index in [0.717, 1.165) is 0 Å². The van der Waals surface area contributed by atoms with Crippen molar-refractivity contribution in [3.8, 4) is 0 Å². The van der Waals surface area contributed by atoms with Gasteiger partial charge in [-0.15, -0.1) is 0 Å². The van der Waals surface area contributed by atoms with Gasteiger partial charge in [0.2, 0.25) is 10.7 Å². The minimum absolute atomic E-state index is 0.226. The standard InChI is InChI=1S/C22H38ClN3O14/c1-6(2)16(32)22(35)17(33)11(26)20(40-21(22,23)5-29)39-15-8(4-28)37-19(10(25)13(15)31)38-14-7(3-27)36-18(34)9(24)12(14)30/h7-15,17-20,27-31,33-35H,1,3-5,24-26H2,2H3/t7-,8-,9-,10-,11-,12-,13-,14?,15?,17-,18-,19+,20+,21+,22-/m1/s1. The zero-order chi connectivity index (χ0) is 30.3. The topological polar surface area (TPSA) is 303 Å². The summed E-state index contributed by atoms with van der Waals surface area (Å²) in [5.74, 6) is -1.16. The number of halogens is 1. The summed E-state index contributed by atoms with van der Waals surface area (Å²) in [7, 11) is 0. The van der Waals surface area contributed by atoms with E-state index in [9.17, 15) is 45.6 Å². The number of Topliss-reactive ketones (excluding diaryl/α,β-unsaturated/α-hetero) is 1. The van der Waals surface area contributed by atoms with Gasteiger partial charge in [0.25, 0.3) is 0 Å². The molecule has 0 amide bonds. The first-order chi connectivity index (χ1) is 18.6. The number of aliphatic hydroxyl groups is 8. The molecule has 0 aromatic rings. The lowest BCUT2D eigenvalue weighted by Gasteiger charge is -2.53. The van der Waals surface area contributed by atoms with Crippen LogP contribution >= 0.6 is 11.6 Å². The third-order valence-corrected chi connectivity index (χ3v) is 7.82. The molecule has 3 aliphatic rings. The van der Waals surface area contributed by atoms with Gasteiger partial charge in [0.15, 0.2) is 24.7 Å². The fourth-order valence-corrected chi connectivity index (χ4v) is 5.15. The highest BCUT2D eigenvalue weighted by molar-refractivity contribution is 6.27. The monoisotopic (exact) mass is 603 g/mol. The van der Waals surface area contributed by atoms with E-state index in [4.69, 9.17) is 52.5 Å². The fraction of sp³-hybridized carbons (Fsp3) is 0.864. The molecule has 232 valence electrons. The van der Waals surface area contributed by atoms with Gasteiger partial charge in [0.1, 0.15) is 42.7 Å². The Morgan fingerprint density at radius 1 is 0.900 bits per heavy atom. The minimum atomic E-state index is -2.94. The molecule has 3 heterocycles. The van der Waals surface area contributed by atoms with Crippen LogP contribution in [0, 0.1) is 0 Å². The van der Waals surface area contributed by atoms with Crippen LogP contribution in [0.15, 0.2) is 12.2 Å². The average Bonchev–Trinajstić information content (AvgIpc) is 2.93. The molecule has 14 N–H and O–H groups in total. The van der Waals surface area contributed by atoms with Crippen molar-refractivity contribution in [2.75, 3.05) is 19.8 Å². The van der Waals surface area contributed by atoms with Crippen LogP contribution in [0.3, 0.4) is 0 Å². The molecule has 40 heavy (non-hydrogen) atoms. The van der Waals surface area contributed by atoms with Gasteiger partial charge >= 0.3 is 0 Å². The Labute approximate surface area is 233 Å². The lowest BCUT2D eigenvalue weighted by atomic mass is 9.77. The molecule has 3 fully saturated rings. The van der Waals surface area contributed by atoms with Crippen molar-refractivity contribution in [2.24, 2.45) is 17.2 Å². The summed E-state index contributed by atoms with van der Waals surface area (Å²) in [6.45, 7) is 1.93. The highest BCUT2D eigenvalue weighted by Gasteiger charge is 2.67. The summed E-state index contributed by atoms with van der Waals surface area (Å²) < 4.78 is 27.6. The van der Waals surface area contributed by atoms with Gasteiger partial charge in [-0.3, -0.25) is 4.79 Å². The van der Waals surface area contributed by atoms with Crippen molar-refractivity contribution in [3.63, 3.8) is 0 Å². The molecule has 0 spiro atoms. The zero-order valence-electron chi connectivity index (χ0n) is 21.5. The first-order valence-corrected chi connectivity index (χ1v) is 12.7. The van der Waals surface area contributed by atoms with Gasteiger partial charge in [-0.05, 0) is 12.5 Å². The van der Waals surface area contributed by atoms with Crippen LogP contribution in [0.2, 0.25) is 0 Å². The van der Waals surface area contributed by atoms with E-state index < -0.39 is 116 Å². The maximum Gasteiger partial charge on any atom is 0.206 e. The highest BCUT2D eigenvalue weighted by Crippen LogP contribution is 2.43. The Hall–Kier alpha value is -0.940. The predicted octanol–water partition coefficient (Wildman–Crippen LogP) is -6.59. The van der Waals surface area contributed by atoms with Gasteiger partial charge in [0, 0.05) is 0 Å². The lowest BCUT2D eigenvalue weighted by Crippen LogP contribution is -2.77. The summed E-state index contributed by atoms with van der Waals surface area (Å²) in [5.41, 5.74) is 14.6. The maximum atomic E-state index is 12.7. The highest BCUT2D eigenvalue weighted by atomic mass is 35.5. The normalized spacial score (nSPS) is 50.0. The summed E-state index contributed by atoms with van der Waals surface area (Å²) in [5, 5.41) is 79.8. The predicted molar refractivity (Wildman–Crippen MR) is 131 cm³/mol. The van der Waals surface area contributed by atoms with Crippen LogP contribution in [-0.4, -0.2) is 157 Å². The number of ketones is 1. The maximum absolute atomic E-state index is 12.7. The number of alkyl halides is 1. The Balaban J connectivity index is 1.81. The van der Waals surface area contributed by atoms with E-state index in [1.165, 1.54) is 6.92 Å². The second kappa shape index (κ2) is 12.7. The molecule has 0 aromatic heterocycles. The Morgan fingerprint density at radius 2 is 1.40 bits per heavy atom. The largest absolute Gasteiger partial charge is 0.394 e. The summed E-state index contributed by atoms with van der Waals surface area (Å²) in [6.07, 6.45) is -16.0. The molecule has 0 radical (unpaired) electrons. The summed E-state index contributed by atoms with van der Waals surface area (Å²) in [4.78, 5) is 12.7. The number of nitrogens with two attached hydrogens (primary N) is 3. The van der Waals surface area contributed by atoms with Crippen LogP contribution in [0.25, 0.3) is 0 Å². The van der Waals surface area contributed by atoms with Crippen LogP contribution in [-0.2, 0) is 28.5 Å². The molecule has 0 saturated carbocycles. The van der Waals surface area contributed by atoms with Crippen LogP contribution in [0.4, 0.5) is 0 Å². The van der Waals surface area contributed by atoms with Crippen molar-refractivity contribution in [3.05, 3.63) is 12.2 Å². The van der Waals surface area contributed by atoms with Crippen molar-refractivity contribution >= 4 is 17.4 Å². The first-order valence-electron chi connectivity index (χ1n) is 12.3. The van der Waals surface area contributed by atoms with Crippen molar-refractivity contribution < 1.29 is 69.3 Å². The Morgan fingerprint density at radius 3 is 1.90 bits per heavy atom. The molecule has 17 nitrogen and oxygen atoms in total. The second-order valence-electron chi connectivity index (χ2n) is 10.1. The molecule has 15 atom stereocenters. The van der Waals surface area contributed by atoms with Crippen molar-refractivity contribution in [1.82, 2.24) is 0 Å². The molecular weight excluding hydrogens is 566 g/mol. The van der Waals surface area contributed by atoms with Gasteiger partial charge in [-0.1, -0.05) is 18.2 Å². The van der Waals surface area contributed by atoms with E-state index in [1.54, 1.807) is 0 Å². The van der Waals surface area contributed by atoms with Gasteiger partial charge in [-0.25, -0.2) is 0 Å². The smallest absolute Gasteiger partial charge is 0.206 e. The third-order valence-electron chi connectivity index (χ3n) is 7.32. The zero-order valence-corrected chi connectivity index (χ0v) is 22.2. The quantitative estimate of drug-likeness (QED) is 0.0861. The molecule has 3 aliphatic heterocycles. The number of carbonyl (C=O) groups is 1. The number of hydrogen-bond donors (Lipinski definition) is 11. The van der Waals surface area contributed by atoms with Gasteiger partial charge in [0.05, 0.1) is 37.9 Å². The molecule has 3 rings (SSSR count). The molecular formula is C22H38ClN3O14. The lowest BCUT2D eigenvalue weighted by molar-refractivity contribution is -0.357. The van der Waals surface area contributed by atoms with Gasteiger partial charge < -0.3 is 81.7 Å². The van der Waals surface area contributed by atoms with E-state index in [-0.39, 0.29) is 5.57 Å². The van der Waals surface area contributed by atoms with E-state index in [1.807, 2.05) is 0 Å². The third kappa shape index (κ3) is 5.69. The van der Waals surface area contributed by atoms with E-state index in [2.05, 4.69) is 6.58 Å². The molecule has 0 aliphatic carbocycles. The molecule has 0 bridgehead atoms. The number of carbonyl (C=O) groups excluding carboxylic acids is 1. The SMILES string of the molecule is C=C(C)C(=O)[C@@]1(O)[C@H](O)[C@@H](N)[C@@H](OC2[C@@H](CO)O[C@@H](OC3[C@@H](CO)O[C@@H](O)[C@H](N)[C@H]3O)[C@H](N)[C@H]2O)O[C@@]1(Cl)CO. The van der Waals surface area contributed by atoms with E-state index >= 15 is 0 Å². The fourth-order valence-electron chi connectivity index (χ4n) is 4.86. The number of ether oxygens (including phenoxy) is 5. The van der Waals surface area contributed by atoms with Crippen LogP contribution < -0.4 is 17.2 Å². The molecule has 2 unspecified atom stereocenters. The second-order valence-corrected chi connectivity index (χ2v) is 10.7. The van der Waals surface area contributed by atoms with Crippen LogP contribution in [0.1, 0.15) is 6.92 Å². The minimum Gasteiger partial charge on any atom is -0.394 e. The number of aliphatic hydroxyl groups excluding tert-OH is 7. The first kappa shape index (κ1) is 33.6. The Kier molecular flexibility index (Phi) is 10.7. The molecule has 3 saturated heterocycles. The Bertz CT molecular complexity index is 918. The van der Waals surface area contributed by atoms with Gasteiger partial charge in [-0.2, -0.15) is 0 Å². The molecule has 18 heteroatoms. The number of hydrogen-bond acceptors (Lipinski definition) is 17. The van der Waals surface area contributed by atoms with Crippen molar-refractivity contribution in [2.45, 2.75) is 97.3 Å². The van der Waals surface area contributed by atoms with E-state index in [0.29, 0.717) is 0 Å². The molecule has 0 aromatic carbocycles.